The maximum Gasteiger partial charge on any atom is 0.338 e. The van der Waals surface area contributed by atoms with Crippen LogP contribution in [0.1, 0.15) is 40.3 Å². The monoisotopic (exact) mass is 652 g/mol. The molecule has 1 aliphatic heterocycles. The number of esters is 2. The van der Waals surface area contributed by atoms with Gasteiger partial charge in [-0.15, -0.1) is 0 Å². The molecular formula is C26H26N2O14P2-2. The number of aromatic nitrogens is 2. The van der Waals surface area contributed by atoms with E-state index in [1.165, 1.54) is 24.3 Å². The summed E-state index contributed by atoms with van der Waals surface area (Å²) in [6.07, 6.45) is -5.21. The van der Waals surface area contributed by atoms with Crippen LogP contribution < -0.4 is 21.0 Å². The van der Waals surface area contributed by atoms with Gasteiger partial charge in [0, 0.05) is 12.3 Å². The molecule has 1 saturated heterocycles. The SMILES string of the molecule is CCCOP(=O)([O-])OP(=O)([O-])OC[C@H]1O[C@@H](n2ccc(=O)[nH]c2=O)C(OC(=O)c2ccccc2)[C@H]1OC(=O)c1ccccc1. The molecule has 2 heterocycles. The third kappa shape index (κ3) is 8.68. The fourth-order valence-corrected chi connectivity index (χ4v) is 6.12. The number of hydrogen-bond acceptors (Lipinski definition) is 14. The van der Waals surface area contributed by atoms with E-state index in [9.17, 15) is 38.1 Å². The minimum Gasteiger partial charge on any atom is -0.756 e. The van der Waals surface area contributed by atoms with E-state index in [1.54, 1.807) is 43.3 Å². The predicted molar refractivity (Wildman–Crippen MR) is 145 cm³/mol. The molecule has 0 aliphatic carbocycles. The van der Waals surface area contributed by atoms with Crippen molar-refractivity contribution >= 4 is 27.6 Å². The van der Waals surface area contributed by atoms with Crippen LogP contribution >= 0.6 is 15.6 Å². The first-order valence-corrected chi connectivity index (χ1v) is 15.9. The summed E-state index contributed by atoms with van der Waals surface area (Å²) in [6.45, 7) is 0.191. The summed E-state index contributed by atoms with van der Waals surface area (Å²) in [6, 6.07) is 16.1. The summed E-state index contributed by atoms with van der Waals surface area (Å²) in [5.74, 6) is -1.87. The Morgan fingerprint density at radius 2 is 1.41 bits per heavy atom. The smallest absolute Gasteiger partial charge is 0.338 e. The lowest BCUT2D eigenvalue weighted by atomic mass is 10.1. The molecule has 44 heavy (non-hydrogen) atoms. The second kappa shape index (κ2) is 14.4. The van der Waals surface area contributed by atoms with Crippen molar-refractivity contribution in [2.45, 2.75) is 37.9 Å². The molecule has 18 heteroatoms. The van der Waals surface area contributed by atoms with Crippen molar-refractivity contribution in [2.75, 3.05) is 13.2 Å². The van der Waals surface area contributed by atoms with Crippen LogP contribution in [0.3, 0.4) is 0 Å². The topological polar surface area (TPSA) is 225 Å². The molecule has 0 bridgehead atoms. The summed E-state index contributed by atoms with van der Waals surface area (Å²) in [5.41, 5.74) is -1.63. The van der Waals surface area contributed by atoms with E-state index in [4.69, 9.17) is 18.7 Å². The van der Waals surface area contributed by atoms with Crippen LogP contribution in [-0.2, 0) is 36.7 Å². The van der Waals surface area contributed by atoms with E-state index in [0.717, 1.165) is 16.8 Å². The van der Waals surface area contributed by atoms with Gasteiger partial charge in [-0.05, 0) is 30.7 Å². The molecule has 1 N–H and O–H groups in total. The summed E-state index contributed by atoms with van der Waals surface area (Å²) >= 11 is 0. The van der Waals surface area contributed by atoms with Gasteiger partial charge in [0.15, 0.2) is 18.4 Å². The van der Waals surface area contributed by atoms with Crippen LogP contribution in [0.15, 0.2) is 82.5 Å². The number of ether oxygens (including phenoxy) is 3. The van der Waals surface area contributed by atoms with E-state index in [0.29, 0.717) is 0 Å². The van der Waals surface area contributed by atoms with Gasteiger partial charge in [-0.1, -0.05) is 43.3 Å². The van der Waals surface area contributed by atoms with Crippen molar-refractivity contribution in [3.8, 4) is 0 Å². The minimum absolute atomic E-state index is 0.0585. The summed E-state index contributed by atoms with van der Waals surface area (Å²) in [7, 11) is -11.0. The molecule has 1 aliphatic rings. The summed E-state index contributed by atoms with van der Waals surface area (Å²) < 4.78 is 55.4. The number of benzene rings is 2. The predicted octanol–water partition coefficient (Wildman–Crippen LogP) is 1.28. The molecule has 1 fully saturated rings. The van der Waals surface area contributed by atoms with Gasteiger partial charge in [-0.2, -0.15) is 0 Å². The lowest BCUT2D eigenvalue weighted by Gasteiger charge is -2.31. The van der Waals surface area contributed by atoms with Gasteiger partial charge in [-0.3, -0.25) is 23.5 Å². The van der Waals surface area contributed by atoms with E-state index in [1.807, 2.05) is 4.98 Å². The Hall–Kier alpha value is -3.72. The number of nitrogens with zero attached hydrogens (tertiary/aromatic N) is 1. The van der Waals surface area contributed by atoms with Gasteiger partial charge in [-0.25, -0.2) is 18.7 Å². The Morgan fingerprint density at radius 3 is 1.95 bits per heavy atom. The largest absolute Gasteiger partial charge is 0.756 e. The maximum atomic E-state index is 13.1. The first kappa shape index (κ1) is 33.2. The molecule has 0 radical (unpaired) electrons. The van der Waals surface area contributed by atoms with Gasteiger partial charge < -0.3 is 33.0 Å². The fraction of sp³-hybridized carbons (Fsp3) is 0.308. The number of phosphoric acid groups is 2. The molecular weight excluding hydrogens is 626 g/mol. The fourth-order valence-electron chi connectivity index (χ4n) is 4.03. The van der Waals surface area contributed by atoms with Crippen LogP contribution in [0.25, 0.3) is 0 Å². The highest BCUT2D eigenvalue weighted by Gasteiger charge is 2.51. The molecule has 16 nitrogen and oxygen atoms in total. The van der Waals surface area contributed by atoms with Crippen LogP contribution in [0.2, 0.25) is 0 Å². The van der Waals surface area contributed by atoms with Gasteiger partial charge in [0.05, 0.1) is 24.3 Å². The molecule has 1 aromatic heterocycles. The van der Waals surface area contributed by atoms with E-state index in [-0.39, 0.29) is 24.2 Å². The normalized spacial score (nSPS) is 22.4. The number of carbonyl (C=O) groups excluding carboxylic acids is 2. The Labute approximate surface area is 249 Å². The van der Waals surface area contributed by atoms with Crippen LogP contribution in [0.4, 0.5) is 0 Å². The zero-order valence-electron chi connectivity index (χ0n) is 22.9. The minimum atomic E-state index is -5.62. The van der Waals surface area contributed by atoms with Crippen LogP contribution in [0.5, 0.6) is 0 Å². The molecule has 6 atom stereocenters. The number of carbonyl (C=O) groups is 2. The van der Waals surface area contributed by atoms with Gasteiger partial charge in [0.25, 0.3) is 21.2 Å². The van der Waals surface area contributed by atoms with Crippen molar-refractivity contribution in [1.82, 2.24) is 9.55 Å². The number of rotatable bonds is 13. The number of aromatic amines is 1. The highest BCUT2D eigenvalue weighted by Crippen LogP contribution is 2.55. The van der Waals surface area contributed by atoms with E-state index in [2.05, 4.69) is 8.83 Å². The molecule has 0 amide bonds. The second-order valence-electron chi connectivity index (χ2n) is 9.16. The number of hydrogen-bond donors (Lipinski definition) is 1. The first-order valence-electron chi connectivity index (χ1n) is 13.0. The Kier molecular flexibility index (Phi) is 10.8. The lowest BCUT2D eigenvalue weighted by molar-refractivity contribution is -0.245. The Balaban J connectivity index is 1.69. The molecule has 2 aromatic carbocycles. The Morgan fingerprint density at radius 1 is 0.864 bits per heavy atom. The molecule has 3 aromatic rings. The third-order valence-electron chi connectivity index (χ3n) is 5.97. The molecule has 236 valence electrons. The number of nitrogens with one attached hydrogen (secondary N) is 1. The lowest BCUT2D eigenvalue weighted by Crippen LogP contribution is -2.43. The van der Waals surface area contributed by atoms with E-state index < -0.39 is 70.0 Å². The quantitative estimate of drug-likeness (QED) is 0.203. The van der Waals surface area contributed by atoms with Crippen molar-refractivity contribution < 1.29 is 56.1 Å². The average molecular weight is 652 g/mol. The van der Waals surface area contributed by atoms with Crippen LogP contribution in [0, 0.1) is 0 Å². The van der Waals surface area contributed by atoms with Crippen molar-refractivity contribution in [2.24, 2.45) is 0 Å². The van der Waals surface area contributed by atoms with Crippen molar-refractivity contribution in [3.63, 3.8) is 0 Å². The third-order valence-corrected chi connectivity index (χ3v) is 8.53. The molecule has 0 saturated carbocycles. The zero-order chi connectivity index (χ0) is 31.9. The first-order chi connectivity index (χ1) is 20.9. The highest BCUT2D eigenvalue weighted by atomic mass is 31.3. The molecule has 4 rings (SSSR count). The summed E-state index contributed by atoms with van der Waals surface area (Å²) in [5, 5.41) is 0. The zero-order valence-corrected chi connectivity index (χ0v) is 24.7. The van der Waals surface area contributed by atoms with Gasteiger partial charge in [0.1, 0.15) is 6.10 Å². The standard InChI is InChI=1S/C26H28N2O14P2/c1-2-15-37-43(33,34)42-44(35,36)38-16-19-21(40-24(30)17-9-5-3-6-10-17)22(41-25(31)18-11-7-4-8-12-18)23(39-19)28-14-13-20(29)27-26(28)32/h3-14,19,21-23H,2,15-16H2,1H3,(H,33,34)(H,35,36)(H,27,29,32)/p-2/t19-,21+,22?,23-/m1/s1. The summed E-state index contributed by atoms with van der Waals surface area (Å²) in [4.78, 5) is 76.9. The molecule has 0 spiro atoms. The van der Waals surface area contributed by atoms with E-state index >= 15 is 0 Å². The number of phosphoric ester groups is 2. The van der Waals surface area contributed by atoms with Crippen LogP contribution in [-0.4, -0.2) is 53.0 Å². The van der Waals surface area contributed by atoms with Gasteiger partial charge in [0.2, 0.25) is 0 Å². The second-order valence-corrected chi connectivity index (χ2v) is 12.1. The molecule has 3 unspecified atom stereocenters. The van der Waals surface area contributed by atoms with Crippen molar-refractivity contribution in [3.05, 3.63) is 105 Å². The number of H-pyrrole nitrogens is 1. The maximum absolute atomic E-state index is 13.1. The van der Waals surface area contributed by atoms with Crippen molar-refractivity contribution in [1.29, 1.82) is 0 Å². The average Bonchev–Trinajstić information content (AvgIpc) is 3.31. The van der Waals surface area contributed by atoms with Gasteiger partial charge >= 0.3 is 17.6 Å². The highest BCUT2D eigenvalue weighted by molar-refractivity contribution is 7.59. The Bertz CT molecular complexity index is 1660.